The summed E-state index contributed by atoms with van der Waals surface area (Å²) in [5.41, 5.74) is -1.09. The van der Waals surface area contributed by atoms with Gasteiger partial charge in [0.25, 0.3) is 5.75 Å². The third-order valence-electron chi connectivity index (χ3n) is 6.41. The standard InChI is InChI=1S/C31H30O15/c1-15(32)39-14-23-25(40-16(2)33)26(41-17(3)34)28(42-18(4)35)31(44-23)46-24-21-12-11-20(38-5)13-22(21)43-30(37)27(24)45-29(36)19-9-7-6-8-10-19/h6-13,23,25-26,28,31H,14H2,1-5H3/t23-,25-,26+,28+,31-/m1/s1. The maximum absolute atomic E-state index is 13.3. The molecule has 0 radical (unpaired) electrons. The summed E-state index contributed by atoms with van der Waals surface area (Å²) in [6.45, 7) is 3.79. The number of methoxy groups -OCH3 is 1. The highest BCUT2D eigenvalue weighted by atomic mass is 16.7. The molecule has 1 fully saturated rings. The fraction of sp³-hybridized carbons (Fsp3) is 0.355. The third kappa shape index (κ3) is 7.98. The average molecular weight is 643 g/mol. The van der Waals surface area contributed by atoms with Gasteiger partial charge in [0.2, 0.25) is 12.4 Å². The van der Waals surface area contributed by atoms with Gasteiger partial charge in [-0.15, -0.1) is 0 Å². The van der Waals surface area contributed by atoms with Crippen LogP contribution >= 0.6 is 0 Å². The van der Waals surface area contributed by atoms with E-state index in [0.29, 0.717) is 5.75 Å². The van der Waals surface area contributed by atoms with Gasteiger partial charge < -0.3 is 42.3 Å². The molecule has 2 heterocycles. The Morgan fingerprint density at radius 2 is 1.39 bits per heavy atom. The van der Waals surface area contributed by atoms with Gasteiger partial charge in [0.1, 0.15) is 24.0 Å². The first kappa shape index (κ1) is 33.5. The van der Waals surface area contributed by atoms with Crippen LogP contribution in [-0.4, -0.2) is 74.3 Å². The zero-order chi connectivity index (χ0) is 33.5. The molecule has 0 saturated carbocycles. The van der Waals surface area contributed by atoms with Crippen molar-refractivity contribution in [3.8, 4) is 17.2 Å². The lowest BCUT2D eigenvalue weighted by Gasteiger charge is -2.44. The first-order valence-electron chi connectivity index (χ1n) is 13.8. The smallest absolute Gasteiger partial charge is 0.383 e. The highest BCUT2D eigenvalue weighted by Crippen LogP contribution is 2.38. The Bertz CT molecular complexity index is 1680. The molecule has 5 atom stereocenters. The molecule has 1 aliphatic rings. The molecule has 0 bridgehead atoms. The van der Waals surface area contributed by atoms with Crippen LogP contribution in [0.5, 0.6) is 17.2 Å². The predicted octanol–water partition coefficient (Wildman–Crippen LogP) is 2.48. The minimum absolute atomic E-state index is 0.0514. The van der Waals surface area contributed by atoms with E-state index < -0.39 is 78.5 Å². The summed E-state index contributed by atoms with van der Waals surface area (Å²) < 4.78 is 49.6. The molecule has 0 N–H and O–H groups in total. The molecule has 3 aromatic rings. The first-order chi connectivity index (χ1) is 21.9. The number of rotatable bonds is 10. The Morgan fingerprint density at radius 1 is 0.761 bits per heavy atom. The predicted molar refractivity (Wildman–Crippen MR) is 153 cm³/mol. The number of fused-ring (bicyclic) bond motifs is 1. The van der Waals surface area contributed by atoms with Crippen molar-refractivity contribution in [3.63, 3.8) is 0 Å². The van der Waals surface area contributed by atoms with Crippen molar-refractivity contribution in [3.05, 3.63) is 64.5 Å². The molecule has 244 valence electrons. The maximum atomic E-state index is 13.3. The van der Waals surface area contributed by atoms with Crippen molar-refractivity contribution in [1.29, 1.82) is 0 Å². The molecule has 15 nitrogen and oxygen atoms in total. The molecule has 0 aliphatic carbocycles. The molecule has 4 rings (SSSR count). The molecule has 0 unspecified atom stereocenters. The largest absolute Gasteiger partial charge is 0.497 e. The fourth-order valence-electron chi connectivity index (χ4n) is 4.59. The molecule has 1 aromatic heterocycles. The van der Waals surface area contributed by atoms with E-state index in [1.807, 2.05) is 0 Å². The Morgan fingerprint density at radius 3 is 2.00 bits per heavy atom. The summed E-state index contributed by atoms with van der Waals surface area (Å²) in [5, 5.41) is 0.0871. The van der Waals surface area contributed by atoms with Crippen molar-refractivity contribution in [1.82, 2.24) is 0 Å². The zero-order valence-corrected chi connectivity index (χ0v) is 25.3. The van der Waals surface area contributed by atoms with E-state index in [9.17, 15) is 28.8 Å². The molecular formula is C31H30O15. The number of carbonyl (C=O) groups excluding carboxylic acids is 5. The van der Waals surface area contributed by atoms with Gasteiger partial charge in [0.05, 0.1) is 18.1 Å². The Labute approximate surface area is 261 Å². The van der Waals surface area contributed by atoms with Crippen LogP contribution in [0.2, 0.25) is 0 Å². The van der Waals surface area contributed by atoms with Gasteiger partial charge in [-0.25, -0.2) is 9.59 Å². The summed E-state index contributed by atoms with van der Waals surface area (Å²) in [6.07, 6.45) is -7.76. The number of carbonyl (C=O) groups is 5. The van der Waals surface area contributed by atoms with Crippen LogP contribution in [0.4, 0.5) is 0 Å². The lowest BCUT2D eigenvalue weighted by atomic mass is 9.98. The first-order valence-corrected chi connectivity index (χ1v) is 13.8. The number of hydrogen-bond acceptors (Lipinski definition) is 15. The third-order valence-corrected chi connectivity index (χ3v) is 6.41. The summed E-state index contributed by atoms with van der Waals surface area (Å²) in [4.78, 5) is 74.5. The van der Waals surface area contributed by atoms with Gasteiger partial charge in [0.15, 0.2) is 18.0 Å². The normalized spacial score (nSPS) is 20.6. The van der Waals surface area contributed by atoms with Crippen LogP contribution in [-0.2, 0) is 42.9 Å². The van der Waals surface area contributed by atoms with Gasteiger partial charge in [-0.3, -0.25) is 19.2 Å². The van der Waals surface area contributed by atoms with Gasteiger partial charge >= 0.3 is 35.5 Å². The quantitative estimate of drug-likeness (QED) is 0.178. The van der Waals surface area contributed by atoms with Crippen LogP contribution < -0.4 is 19.8 Å². The second-order valence-corrected chi connectivity index (χ2v) is 9.85. The van der Waals surface area contributed by atoms with Crippen molar-refractivity contribution in [2.45, 2.75) is 58.4 Å². The number of benzene rings is 2. The van der Waals surface area contributed by atoms with E-state index >= 15 is 0 Å². The number of ether oxygens (including phenoxy) is 8. The second kappa shape index (κ2) is 14.6. The van der Waals surface area contributed by atoms with E-state index in [-0.39, 0.29) is 22.3 Å². The summed E-state index contributed by atoms with van der Waals surface area (Å²) in [6, 6.07) is 12.1. The molecule has 0 amide bonds. The summed E-state index contributed by atoms with van der Waals surface area (Å²) >= 11 is 0. The van der Waals surface area contributed by atoms with Gasteiger partial charge in [-0.2, -0.15) is 0 Å². The Hall–Kier alpha value is -5.44. The maximum Gasteiger partial charge on any atom is 0.383 e. The minimum atomic E-state index is -1.75. The van der Waals surface area contributed by atoms with E-state index in [1.54, 1.807) is 18.2 Å². The van der Waals surface area contributed by atoms with Crippen molar-refractivity contribution < 1.29 is 66.3 Å². The summed E-state index contributed by atoms with van der Waals surface area (Å²) in [5.74, 6) is -4.99. The van der Waals surface area contributed by atoms with E-state index in [1.165, 1.54) is 37.4 Å². The highest BCUT2D eigenvalue weighted by Gasteiger charge is 2.53. The zero-order valence-electron chi connectivity index (χ0n) is 25.3. The monoisotopic (exact) mass is 642 g/mol. The minimum Gasteiger partial charge on any atom is -0.497 e. The fourth-order valence-corrected chi connectivity index (χ4v) is 4.59. The highest BCUT2D eigenvalue weighted by molar-refractivity contribution is 5.93. The lowest BCUT2D eigenvalue weighted by molar-refractivity contribution is -0.288. The van der Waals surface area contributed by atoms with Crippen LogP contribution in [0.1, 0.15) is 38.1 Å². The van der Waals surface area contributed by atoms with Gasteiger partial charge in [-0.05, 0) is 24.3 Å². The second-order valence-electron chi connectivity index (χ2n) is 9.85. The van der Waals surface area contributed by atoms with Crippen molar-refractivity contribution in [2.75, 3.05) is 13.7 Å². The van der Waals surface area contributed by atoms with E-state index in [2.05, 4.69) is 0 Å². The molecule has 1 aliphatic heterocycles. The van der Waals surface area contributed by atoms with Crippen LogP contribution in [0, 0.1) is 0 Å². The van der Waals surface area contributed by atoms with Gasteiger partial charge in [0, 0.05) is 33.8 Å². The molecule has 2 aromatic carbocycles. The molecule has 1 saturated heterocycles. The number of esters is 5. The average Bonchev–Trinajstić information content (AvgIpc) is 3.00. The topological polar surface area (TPSA) is 189 Å². The SMILES string of the molecule is COc1ccc2c(O[C@H]3O[C@H](COC(C)=O)[C@@H](OC(C)=O)[C@H](OC(C)=O)[C@@H]3OC(C)=O)c(OC(=O)c3ccccc3)c(=O)oc2c1. The van der Waals surface area contributed by atoms with E-state index in [4.69, 9.17) is 42.3 Å². The van der Waals surface area contributed by atoms with Gasteiger partial charge in [-0.1, -0.05) is 18.2 Å². The molecule has 0 spiro atoms. The van der Waals surface area contributed by atoms with Crippen LogP contribution in [0.3, 0.4) is 0 Å². The Kier molecular flexibility index (Phi) is 10.6. The van der Waals surface area contributed by atoms with E-state index in [0.717, 1.165) is 27.7 Å². The van der Waals surface area contributed by atoms with Crippen molar-refractivity contribution >= 4 is 40.8 Å². The lowest BCUT2D eigenvalue weighted by Crippen LogP contribution is -2.63. The summed E-state index contributed by atoms with van der Waals surface area (Å²) in [7, 11) is 1.39. The molecule has 46 heavy (non-hydrogen) atoms. The number of hydrogen-bond donors (Lipinski definition) is 0. The van der Waals surface area contributed by atoms with Crippen LogP contribution in [0.25, 0.3) is 11.0 Å². The molecule has 15 heteroatoms. The Balaban J connectivity index is 1.88. The van der Waals surface area contributed by atoms with Crippen LogP contribution in [0.15, 0.2) is 57.7 Å². The van der Waals surface area contributed by atoms with Crippen molar-refractivity contribution in [2.24, 2.45) is 0 Å². The molecular weight excluding hydrogens is 612 g/mol.